The van der Waals surface area contributed by atoms with Crippen LogP contribution in [0.3, 0.4) is 0 Å². The molecule has 1 unspecified atom stereocenters. The van der Waals surface area contributed by atoms with Crippen LogP contribution in [0.2, 0.25) is 0 Å². The van der Waals surface area contributed by atoms with Crippen LogP contribution in [0.1, 0.15) is 43.7 Å². The average molecular weight is 210 g/mol. The van der Waals surface area contributed by atoms with E-state index >= 15 is 0 Å². The number of aromatic nitrogens is 1. The lowest BCUT2D eigenvalue weighted by atomic mass is 9.83. The van der Waals surface area contributed by atoms with Gasteiger partial charge in [-0.25, -0.2) is 4.98 Å². The van der Waals surface area contributed by atoms with Crippen molar-refractivity contribution in [2.24, 2.45) is 5.92 Å². The van der Waals surface area contributed by atoms with Crippen LogP contribution < -0.4 is 5.32 Å². The van der Waals surface area contributed by atoms with Crippen molar-refractivity contribution in [3.8, 4) is 0 Å². The molecule has 1 N–H and O–H groups in total. The summed E-state index contributed by atoms with van der Waals surface area (Å²) in [5.74, 6) is 1.01. The monoisotopic (exact) mass is 210 g/mol. The lowest BCUT2D eigenvalue weighted by Gasteiger charge is -2.25. The Morgan fingerprint density at radius 1 is 1.64 bits per heavy atom. The zero-order valence-electron chi connectivity index (χ0n) is 8.70. The third kappa shape index (κ3) is 2.55. The zero-order chi connectivity index (χ0) is 9.80. The van der Waals surface area contributed by atoms with Crippen LogP contribution >= 0.6 is 11.3 Å². The first-order chi connectivity index (χ1) is 6.86. The Hall–Kier alpha value is -0.410. The van der Waals surface area contributed by atoms with E-state index in [0.29, 0.717) is 6.04 Å². The molecule has 0 aliphatic heterocycles. The normalized spacial score (nSPS) is 19.2. The predicted molar refractivity (Wildman–Crippen MR) is 60.5 cm³/mol. The summed E-state index contributed by atoms with van der Waals surface area (Å²) < 4.78 is 0. The quantitative estimate of drug-likeness (QED) is 0.808. The number of nitrogens with zero attached hydrogens (tertiary/aromatic N) is 1. The van der Waals surface area contributed by atoms with Crippen LogP contribution in [0.5, 0.6) is 0 Å². The van der Waals surface area contributed by atoms with Gasteiger partial charge in [-0.05, 0) is 25.8 Å². The Balaban J connectivity index is 1.65. The first-order valence-corrected chi connectivity index (χ1v) is 6.37. The van der Waals surface area contributed by atoms with Crippen molar-refractivity contribution in [2.75, 3.05) is 6.54 Å². The van der Waals surface area contributed by atoms with E-state index in [-0.39, 0.29) is 0 Å². The van der Waals surface area contributed by atoms with Crippen molar-refractivity contribution < 1.29 is 0 Å². The van der Waals surface area contributed by atoms with Crippen molar-refractivity contribution in [2.45, 2.75) is 38.6 Å². The number of rotatable bonds is 5. The van der Waals surface area contributed by atoms with E-state index in [2.05, 4.69) is 17.2 Å². The second-order valence-electron chi connectivity index (χ2n) is 4.13. The SMILES string of the molecule is CC(NCCC1CCC1)c1nccs1. The van der Waals surface area contributed by atoms with Gasteiger partial charge in [0.1, 0.15) is 5.01 Å². The van der Waals surface area contributed by atoms with Gasteiger partial charge < -0.3 is 5.32 Å². The van der Waals surface area contributed by atoms with Crippen LogP contribution in [0, 0.1) is 5.92 Å². The molecule has 14 heavy (non-hydrogen) atoms. The Morgan fingerprint density at radius 3 is 3.07 bits per heavy atom. The maximum absolute atomic E-state index is 4.30. The highest BCUT2D eigenvalue weighted by molar-refractivity contribution is 7.09. The van der Waals surface area contributed by atoms with Gasteiger partial charge >= 0.3 is 0 Å². The highest BCUT2D eigenvalue weighted by Crippen LogP contribution is 2.29. The fourth-order valence-corrected chi connectivity index (χ4v) is 2.49. The maximum atomic E-state index is 4.30. The van der Waals surface area contributed by atoms with Crippen LogP contribution in [0.4, 0.5) is 0 Å². The van der Waals surface area contributed by atoms with E-state index in [4.69, 9.17) is 0 Å². The molecular formula is C11H18N2S. The molecule has 2 rings (SSSR count). The summed E-state index contributed by atoms with van der Waals surface area (Å²) in [6, 6.07) is 0.426. The van der Waals surface area contributed by atoms with Gasteiger partial charge in [-0.15, -0.1) is 11.3 Å². The molecule has 1 aliphatic rings. The van der Waals surface area contributed by atoms with E-state index in [1.165, 1.54) is 30.7 Å². The number of hydrogen-bond donors (Lipinski definition) is 1. The highest BCUT2D eigenvalue weighted by atomic mass is 32.1. The van der Waals surface area contributed by atoms with E-state index in [1.807, 2.05) is 11.6 Å². The minimum atomic E-state index is 0.426. The van der Waals surface area contributed by atoms with E-state index in [0.717, 1.165) is 12.5 Å². The molecule has 1 aromatic rings. The largest absolute Gasteiger partial charge is 0.308 e. The molecule has 2 nitrogen and oxygen atoms in total. The highest BCUT2D eigenvalue weighted by Gasteiger charge is 2.17. The molecule has 0 radical (unpaired) electrons. The van der Waals surface area contributed by atoms with E-state index in [1.54, 1.807) is 11.3 Å². The first kappa shape index (κ1) is 10.1. The minimum Gasteiger partial charge on any atom is -0.308 e. The summed E-state index contributed by atoms with van der Waals surface area (Å²) >= 11 is 1.74. The van der Waals surface area contributed by atoms with Gasteiger partial charge in [0.2, 0.25) is 0 Å². The van der Waals surface area contributed by atoms with E-state index < -0.39 is 0 Å². The Bertz CT molecular complexity index is 254. The summed E-state index contributed by atoms with van der Waals surface area (Å²) in [7, 11) is 0. The lowest BCUT2D eigenvalue weighted by Crippen LogP contribution is -2.23. The van der Waals surface area contributed by atoms with Crippen LogP contribution in [0.15, 0.2) is 11.6 Å². The van der Waals surface area contributed by atoms with Crippen molar-refractivity contribution >= 4 is 11.3 Å². The number of nitrogens with one attached hydrogen (secondary N) is 1. The first-order valence-electron chi connectivity index (χ1n) is 5.49. The van der Waals surface area contributed by atoms with Crippen LogP contribution in [-0.2, 0) is 0 Å². The van der Waals surface area contributed by atoms with Crippen molar-refractivity contribution in [1.82, 2.24) is 10.3 Å². The van der Waals surface area contributed by atoms with Gasteiger partial charge in [0.05, 0.1) is 6.04 Å². The topological polar surface area (TPSA) is 24.9 Å². The van der Waals surface area contributed by atoms with E-state index in [9.17, 15) is 0 Å². The van der Waals surface area contributed by atoms with Gasteiger partial charge in [0.25, 0.3) is 0 Å². The molecule has 0 aromatic carbocycles. The summed E-state index contributed by atoms with van der Waals surface area (Å²) in [6.45, 7) is 3.34. The summed E-state index contributed by atoms with van der Waals surface area (Å²) in [5.41, 5.74) is 0. The Morgan fingerprint density at radius 2 is 2.50 bits per heavy atom. The molecule has 1 atom stereocenters. The van der Waals surface area contributed by atoms with Gasteiger partial charge in [-0.2, -0.15) is 0 Å². The fourth-order valence-electron chi connectivity index (χ4n) is 1.82. The van der Waals surface area contributed by atoms with Gasteiger partial charge in [0, 0.05) is 11.6 Å². The Kier molecular flexibility index (Phi) is 3.54. The van der Waals surface area contributed by atoms with Gasteiger partial charge in [0.15, 0.2) is 0 Å². The number of thiazole rings is 1. The van der Waals surface area contributed by atoms with Crippen LogP contribution in [0.25, 0.3) is 0 Å². The molecule has 0 amide bonds. The molecule has 0 saturated heterocycles. The molecule has 1 saturated carbocycles. The molecular weight excluding hydrogens is 192 g/mol. The smallest absolute Gasteiger partial charge is 0.109 e. The molecule has 1 aromatic heterocycles. The van der Waals surface area contributed by atoms with Crippen molar-refractivity contribution in [3.63, 3.8) is 0 Å². The lowest BCUT2D eigenvalue weighted by molar-refractivity contribution is 0.288. The molecule has 1 fully saturated rings. The second kappa shape index (κ2) is 4.89. The number of hydrogen-bond acceptors (Lipinski definition) is 3. The second-order valence-corrected chi connectivity index (χ2v) is 5.06. The molecule has 0 spiro atoms. The maximum Gasteiger partial charge on any atom is 0.109 e. The molecule has 3 heteroatoms. The summed E-state index contributed by atoms with van der Waals surface area (Å²) in [5, 5.41) is 6.78. The van der Waals surface area contributed by atoms with Crippen molar-refractivity contribution in [3.05, 3.63) is 16.6 Å². The fraction of sp³-hybridized carbons (Fsp3) is 0.727. The summed E-state index contributed by atoms with van der Waals surface area (Å²) in [4.78, 5) is 4.30. The van der Waals surface area contributed by atoms with Crippen molar-refractivity contribution in [1.29, 1.82) is 0 Å². The molecule has 1 aliphatic carbocycles. The minimum absolute atomic E-state index is 0.426. The predicted octanol–water partition coefficient (Wildman–Crippen LogP) is 2.98. The summed E-state index contributed by atoms with van der Waals surface area (Å²) in [6.07, 6.45) is 7.58. The third-order valence-electron chi connectivity index (χ3n) is 3.05. The van der Waals surface area contributed by atoms with Gasteiger partial charge in [-0.1, -0.05) is 19.3 Å². The molecule has 78 valence electrons. The third-order valence-corrected chi connectivity index (χ3v) is 4.01. The van der Waals surface area contributed by atoms with Crippen LogP contribution in [-0.4, -0.2) is 11.5 Å². The van der Waals surface area contributed by atoms with Gasteiger partial charge in [-0.3, -0.25) is 0 Å². The zero-order valence-corrected chi connectivity index (χ0v) is 9.52. The Labute approximate surface area is 89.8 Å². The standard InChI is InChI=1S/C11H18N2S/c1-9(11-13-7-8-14-11)12-6-5-10-3-2-4-10/h7-10,12H,2-6H2,1H3. The molecule has 0 bridgehead atoms. The average Bonchev–Trinajstić information content (AvgIpc) is 2.61. The molecule has 1 heterocycles.